The van der Waals surface area contributed by atoms with Gasteiger partial charge in [-0.3, -0.25) is 0 Å². The number of rotatable bonds is 5. The summed E-state index contributed by atoms with van der Waals surface area (Å²) in [6.07, 6.45) is 1.60. The summed E-state index contributed by atoms with van der Waals surface area (Å²) in [4.78, 5) is 0. The first kappa shape index (κ1) is 12.5. The lowest BCUT2D eigenvalue weighted by molar-refractivity contribution is 1.05. The van der Waals surface area contributed by atoms with Crippen molar-refractivity contribution >= 4 is 34.6 Å². The fourth-order valence-electron chi connectivity index (χ4n) is 1.72. The Morgan fingerprint density at radius 1 is 1.13 bits per heavy atom. The number of nitrogens with one attached hydrogen (secondary N) is 1. The minimum atomic E-state index is 0.576. The van der Waals surface area contributed by atoms with Gasteiger partial charge >= 0.3 is 0 Å². The number of hydrogen-bond acceptors (Lipinski definition) is 2. The van der Waals surface area contributed by atoms with Gasteiger partial charge in [0.15, 0.2) is 0 Å². The Labute approximate surface area is 101 Å². The third kappa shape index (κ3) is 2.93. The van der Waals surface area contributed by atoms with Crippen LogP contribution < -0.4 is 11.1 Å². The molecule has 1 rings (SSSR count). The molecule has 0 saturated heterocycles. The van der Waals surface area contributed by atoms with Crippen LogP contribution in [0.15, 0.2) is 12.1 Å². The van der Waals surface area contributed by atoms with E-state index in [-0.39, 0.29) is 0 Å². The maximum absolute atomic E-state index is 5.93. The number of halogens is 2. The van der Waals surface area contributed by atoms with Gasteiger partial charge in [-0.25, -0.2) is 0 Å². The second-order valence-electron chi connectivity index (χ2n) is 3.29. The monoisotopic (exact) mass is 246 g/mol. The van der Waals surface area contributed by atoms with Crippen LogP contribution in [0.5, 0.6) is 0 Å². The molecule has 0 bridgehead atoms. The zero-order valence-corrected chi connectivity index (χ0v) is 10.3. The molecule has 0 aliphatic rings. The van der Waals surface area contributed by atoms with E-state index in [9.17, 15) is 0 Å². The molecule has 0 radical (unpaired) electrons. The van der Waals surface area contributed by atoms with Crippen molar-refractivity contribution in [3.8, 4) is 0 Å². The Kier molecular flexibility index (Phi) is 5.06. The van der Waals surface area contributed by atoms with Gasteiger partial charge < -0.3 is 11.1 Å². The summed E-state index contributed by atoms with van der Waals surface area (Å²) in [7, 11) is 1.90. The van der Waals surface area contributed by atoms with Crippen molar-refractivity contribution < 1.29 is 0 Å². The minimum absolute atomic E-state index is 0.576. The molecule has 15 heavy (non-hydrogen) atoms. The first-order valence-electron chi connectivity index (χ1n) is 4.94. The number of nitrogens with two attached hydrogens (primary N) is 1. The predicted molar refractivity (Wildman–Crippen MR) is 69.2 cm³/mol. The molecule has 84 valence electrons. The summed E-state index contributed by atoms with van der Waals surface area (Å²) < 4.78 is 0. The van der Waals surface area contributed by atoms with Crippen molar-refractivity contribution in [1.82, 2.24) is 0 Å². The summed E-state index contributed by atoms with van der Waals surface area (Å²) in [5.41, 5.74) is 10.1. The van der Waals surface area contributed by atoms with Crippen LogP contribution in [-0.2, 0) is 12.8 Å². The van der Waals surface area contributed by atoms with Gasteiger partial charge in [-0.15, -0.1) is 23.2 Å². The molecule has 0 heterocycles. The Balaban J connectivity index is 3.17. The van der Waals surface area contributed by atoms with Crippen molar-refractivity contribution in [3.05, 3.63) is 23.3 Å². The molecule has 0 aliphatic carbocycles. The predicted octanol–water partition coefficient (Wildman–Crippen LogP) is 2.87. The average Bonchev–Trinajstić information content (AvgIpc) is 2.24. The van der Waals surface area contributed by atoms with Crippen LogP contribution in [0.3, 0.4) is 0 Å². The highest BCUT2D eigenvalue weighted by Crippen LogP contribution is 2.26. The Bertz CT molecular complexity index is 327. The first-order chi connectivity index (χ1) is 7.24. The van der Waals surface area contributed by atoms with Crippen LogP contribution in [0.25, 0.3) is 0 Å². The van der Waals surface area contributed by atoms with Crippen LogP contribution in [0.1, 0.15) is 11.1 Å². The molecule has 4 heteroatoms. The highest BCUT2D eigenvalue weighted by atomic mass is 35.5. The van der Waals surface area contributed by atoms with E-state index >= 15 is 0 Å². The molecule has 1 aromatic rings. The summed E-state index contributed by atoms with van der Waals surface area (Å²) in [5, 5.41) is 3.15. The Morgan fingerprint density at radius 3 is 2.27 bits per heavy atom. The van der Waals surface area contributed by atoms with Crippen molar-refractivity contribution in [3.63, 3.8) is 0 Å². The maximum Gasteiger partial charge on any atom is 0.0374 e. The van der Waals surface area contributed by atoms with Crippen LogP contribution in [0.2, 0.25) is 0 Å². The molecule has 0 spiro atoms. The van der Waals surface area contributed by atoms with Crippen LogP contribution in [0, 0.1) is 0 Å². The van der Waals surface area contributed by atoms with E-state index in [0.29, 0.717) is 11.8 Å². The van der Waals surface area contributed by atoms with Crippen molar-refractivity contribution in [2.75, 3.05) is 29.9 Å². The van der Waals surface area contributed by atoms with E-state index in [2.05, 4.69) is 5.32 Å². The summed E-state index contributed by atoms with van der Waals surface area (Å²) >= 11 is 11.6. The second-order valence-corrected chi connectivity index (χ2v) is 4.04. The first-order valence-corrected chi connectivity index (χ1v) is 6.01. The highest BCUT2D eigenvalue weighted by molar-refractivity contribution is 6.18. The van der Waals surface area contributed by atoms with E-state index in [4.69, 9.17) is 28.9 Å². The quantitative estimate of drug-likeness (QED) is 0.620. The second kappa shape index (κ2) is 6.09. The average molecular weight is 247 g/mol. The third-order valence-electron chi connectivity index (χ3n) is 2.43. The largest absolute Gasteiger partial charge is 0.398 e. The molecule has 3 N–H and O–H groups in total. The smallest absolute Gasteiger partial charge is 0.0374 e. The molecule has 2 nitrogen and oxygen atoms in total. The van der Waals surface area contributed by atoms with Gasteiger partial charge in [0.1, 0.15) is 0 Å². The number of hydrogen-bond donors (Lipinski definition) is 2. The van der Waals surface area contributed by atoms with E-state index in [1.165, 1.54) is 5.56 Å². The number of benzene rings is 1. The molecule has 0 aromatic heterocycles. The van der Waals surface area contributed by atoms with Crippen LogP contribution in [0.4, 0.5) is 11.4 Å². The highest BCUT2D eigenvalue weighted by Gasteiger charge is 2.10. The van der Waals surface area contributed by atoms with Crippen molar-refractivity contribution in [1.29, 1.82) is 0 Å². The molecule has 0 aliphatic heterocycles. The minimum Gasteiger partial charge on any atom is -0.398 e. The van der Waals surface area contributed by atoms with Gasteiger partial charge in [0.05, 0.1) is 0 Å². The van der Waals surface area contributed by atoms with Crippen LogP contribution in [-0.4, -0.2) is 18.8 Å². The summed E-state index contributed by atoms with van der Waals surface area (Å²) in [5.74, 6) is 1.17. The lowest BCUT2D eigenvalue weighted by Crippen LogP contribution is -2.06. The third-order valence-corrected chi connectivity index (χ3v) is 2.80. The van der Waals surface area contributed by atoms with E-state index in [1.807, 2.05) is 19.2 Å². The maximum atomic E-state index is 5.93. The van der Waals surface area contributed by atoms with Crippen LogP contribution >= 0.6 is 23.2 Å². The molecule has 0 amide bonds. The summed E-state index contributed by atoms with van der Waals surface area (Å²) in [6.45, 7) is 0. The molecule has 1 aromatic carbocycles. The van der Waals surface area contributed by atoms with Gasteiger partial charge in [-0.1, -0.05) is 0 Å². The number of nitrogen functional groups attached to an aromatic ring is 1. The lowest BCUT2D eigenvalue weighted by atomic mass is 9.99. The zero-order chi connectivity index (χ0) is 11.3. The van der Waals surface area contributed by atoms with Gasteiger partial charge in [0.25, 0.3) is 0 Å². The van der Waals surface area contributed by atoms with Gasteiger partial charge in [0.2, 0.25) is 0 Å². The Hall–Kier alpha value is -0.600. The topological polar surface area (TPSA) is 38.0 Å². The number of alkyl halides is 2. The molecular weight excluding hydrogens is 231 g/mol. The summed E-state index contributed by atoms with van der Waals surface area (Å²) in [6, 6.07) is 3.89. The van der Waals surface area contributed by atoms with Crippen molar-refractivity contribution in [2.24, 2.45) is 0 Å². The number of anilines is 2. The normalized spacial score (nSPS) is 10.3. The van der Waals surface area contributed by atoms with Crippen molar-refractivity contribution in [2.45, 2.75) is 12.8 Å². The Morgan fingerprint density at radius 2 is 1.73 bits per heavy atom. The molecule has 0 saturated carbocycles. The standard InChI is InChI=1S/C11H16Cl2N2/c1-15-11-3-2-10(14)8(4-6-12)9(11)5-7-13/h2-3,15H,4-7,14H2,1H3. The van der Waals surface area contributed by atoms with Gasteiger partial charge in [-0.2, -0.15) is 0 Å². The molecule has 0 fully saturated rings. The molecule has 0 unspecified atom stereocenters. The van der Waals surface area contributed by atoms with E-state index in [1.54, 1.807) is 0 Å². The fourth-order valence-corrected chi connectivity index (χ4v) is 2.09. The molecule has 0 atom stereocenters. The van der Waals surface area contributed by atoms with E-state index < -0.39 is 0 Å². The lowest BCUT2D eigenvalue weighted by Gasteiger charge is -2.15. The molecular formula is C11H16Cl2N2. The van der Waals surface area contributed by atoms with Gasteiger partial charge in [0, 0.05) is 30.2 Å². The fraction of sp³-hybridized carbons (Fsp3) is 0.455. The van der Waals surface area contributed by atoms with Gasteiger partial charge in [-0.05, 0) is 36.1 Å². The van der Waals surface area contributed by atoms with E-state index in [0.717, 1.165) is 29.8 Å². The zero-order valence-electron chi connectivity index (χ0n) is 8.82. The SMILES string of the molecule is CNc1ccc(N)c(CCCl)c1CCCl.